The fraction of sp³-hybridized carbons (Fsp3) is 0.917. The van der Waals surface area contributed by atoms with Crippen LogP contribution in [0, 0.1) is 5.92 Å². The molecule has 15 heavy (non-hydrogen) atoms. The molecule has 90 valence electrons. The minimum absolute atomic E-state index is 0. The van der Waals surface area contributed by atoms with Gasteiger partial charge in [0.25, 0.3) is 0 Å². The van der Waals surface area contributed by atoms with Gasteiger partial charge in [-0.15, -0.1) is 0 Å². The van der Waals surface area contributed by atoms with E-state index in [2.05, 4.69) is 6.92 Å². The van der Waals surface area contributed by atoms with Crippen molar-refractivity contribution in [2.75, 3.05) is 13.1 Å². The number of likely N-dealkylation sites (tertiary alicyclic amines) is 1. The first-order chi connectivity index (χ1) is 6.38. The molecule has 1 aliphatic rings. The van der Waals surface area contributed by atoms with Crippen molar-refractivity contribution in [3.8, 4) is 0 Å². The van der Waals surface area contributed by atoms with Crippen molar-refractivity contribution in [2.24, 2.45) is 5.92 Å². The number of carbonyl (C=O) groups is 1. The lowest BCUT2D eigenvalue weighted by Gasteiger charge is -2.32. The van der Waals surface area contributed by atoms with Crippen molar-refractivity contribution in [3.63, 3.8) is 0 Å². The molecule has 0 bridgehead atoms. The minimum Gasteiger partial charge on any atom is -0.444 e. The van der Waals surface area contributed by atoms with Gasteiger partial charge in [-0.25, -0.2) is 4.79 Å². The topological polar surface area (TPSA) is 29.5 Å². The molecule has 1 amide bonds. The van der Waals surface area contributed by atoms with E-state index in [4.69, 9.17) is 4.74 Å². The average Bonchev–Trinajstić information content (AvgIpc) is 2.02. The molecule has 0 atom stereocenters. The lowest BCUT2D eigenvalue weighted by atomic mass is 10.00. The number of hydrogen-bond donors (Lipinski definition) is 0. The van der Waals surface area contributed by atoms with E-state index >= 15 is 0 Å². The summed E-state index contributed by atoms with van der Waals surface area (Å²) in [5, 5.41) is 0. The maximum Gasteiger partial charge on any atom is 0.410 e. The van der Waals surface area contributed by atoms with Gasteiger partial charge in [0.1, 0.15) is 5.60 Å². The van der Waals surface area contributed by atoms with E-state index in [9.17, 15) is 4.79 Å². The van der Waals surface area contributed by atoms with Crippen LogP contribution in [0.15, 0.2) is 0 Å². The first-order valence-electron chi connectivity index (χ1n) is 5.36. The first-order valence-corrected chi connectivity index (χ1v) is 5.36. The number of nitrogens with zero attached hydrogens (tertiary/aromatic N) is 1. The number of ether oxygens (including phenoxy) is 1. The molecule has 3 nitrogen and oxygen atoms in total. The number of amides is 1. The minimum atomic E-state index is -0.375. The van der Waals surface area contributed by atoms with Crippen LogP contribution in [-0.4, -0.2) is 29.7 Å². The zero-order valence-electron chi connectivity index (χ0n) is 9.67. The SMILES string of the molecule is C.CC1CCN(C(=O)OC(C)(C)C)CC1. The summed E-state index contributed by atoms with van der Waals surface area (Å²) in [6.45, 7) is 9.62. The Bertz CT molecular complexity index is 200. The highest BCUT2D eigenvalue weighted by Gasteiger charge is 2.24. The fourth-order valence-corrected chi connectivity index (χ4v) is 1.52. The average molecular weight is 215 g/mol. The Kier molecular flexibility index (Phi) is 5.12. The van der Waals surface area contributed by atoms with Gasteiger partial charge >= 0.3 is 6.09 Å². The van der Waals surface area contributed by atoms with E-state index < -0.39 is 0 Å². The van der Waals surface area contributed by atoms with Crippen molar-refractivity contribution in [1.82, 2.24) is 4.90 Å². The van der Waals surface area contributed by atoms with Crippen LogP contribution in [0.5, 0.6) is 0 Å². The normalized spacial score (nSPS) is 18.3. The highest BCUT2D eigenvalue weighted by atomic mass is 16.6. The van der Waals surface area contributed by atoms with Gasteiger partial charge in [0.15, 0.2) is 0 Å². The van der Waals surface area contributed by atoms with Crippen molar-refractivity contribution >= 4 is 6.09 Å². The maximum atomic E-state index is 11.6. The van der Waals surface area contributed by atoms with Crippen LogP contribution in [0.2, 0.25) is 0 Å². The van der Waals surface area contributed by atoms with Gasteiger partial charge in [-0.05, 0) is 39.5 Å². The molecule has 0 saturated carbocycles. The molecule has 1 heterocycles. The summed E-state index contributed by atoms with van der Waals surface area (Å²) >= 11 is 0. The molecule has 0 aromatic heterocycles. The zero-order valence-corrected chi connectivity index (χ0v) is 9.67. The van der Waals surface area contributed by atoms with Gasteiger partial charge < -0.3 is 9.64 Å². The zero-order chi connectivity index (χ0) is 10.8. The third kappa shape index (κ3) is 5.05. The van der Waals surface area contributed by atoms with Crippen LogP contribution < -0.4 is 0 Å². The first kappa shape index (κ1) is 14.3. The summed E-state index contributed by atoms with van der Waals surface area (Å²) in [5.41, 5.74) is -0.375. The summed E-state index contributed by atoms with van der Waals surface area (Å²) in [6, 6.07) is 0. The summed E-state index contributed by atoms with van der Waals surface area (Å²) in [5.74, 6) is 0.744. The summed E-state index contributed by atoms with van der Waals surface area (Å²) < 4.78 is 5.30. The quantitative estimate of drug-likeness (QED) is 0.620. The molecule has 3 heteroatoms. The second-order valence-corrected chi connectivity index (χ2v) is 5.15. The lowest BCUT2D eigenvalue weighted by Crippen LogP contribution is -2.41. The van der Waals surface area contributed by atoms with Gasteiger partial charge in [-0.2, -0.15) is 0 Å². The summed E-state index contributed by atoms with van der Waals surface area (Å²) in [4.78, 5) is 13.4. The van der Waals surface area contributed by atoms with Crippen LogP contribution >= 0.6 is 0 Å². The molecular formula is C12H25NO2. The standard InChI is InChI=1S/C11H21NO2.CH4/c1-9-5-7-12(8-6-9)10(13)14-11(2,3)4;/h9H,5-8H2,1-4H3;1H4. The molecule has 0 aromatic rings. The van der Waals surface area contributed by atoms with Crippen molar-refractivity contribution < 1.29 is 9.53 Å². The van der Waals surface area contributed by atoms with Gasteiger partial charge in [-0.1, -0.05) is 14.4 Å². The second-order valence-electron chi connectivity index (χ2n) is 5.15. The van der Waals surface area contributed by atoms with E-state index in [0.717, 1.165) is 31.8 Å². The Hall–Kier alpha value is -0.730. The molecule has 0 aliphatic carbocycles. The monoisotopic (exact) mass is 215 g/mol. The molecule has 0 spiro atoms. The van der Waals surface area contributed by atoms with E-state index in [-0.39, 0.29) is 19.1 Å². The lowest BCUT2D eigenvalue weighted by molar-refractivity contribution is 0.0190. The highest BCUT2D eigenvalue weighted by Crippen LogP contribution is 2.18. The van der Waals surface area contributed by atoms with E-state index in [1.54, 1.807) is 0 Å². The van der Waals surface area contributed by atoms with Gasteiger partial charge in [-0.3, -0.25) is 0 Å². The molecule has 0 aromatic carbocycles. The Labute approximate surface area is 93.8 Å². The Morgan fingerprint density at radius 1 is 1.27 bits per heavy atom. The Morgan fingerprint density at radius 2 is 1.73 bits per heavy atom. The van der Waals surface area contributed by atoms with Gasteiger partial charge in [0.2, 0.25) is 0 Å². The van der Waals surface area contributed by atoms with E-state index in [0.29, 0.717) is 0 Å². The molecule has 1 aliphatic heterocycles. The van der Waals surface area contributed by atoms with Crippen LogP contribution in [-0.2, 0) is 4.74 Å². The maximum absolute atomic E-state index is 11.6. The molecule has 0 N–H and O–H groups in total. The van der Waals surface area contributed by atoms with Crippen LogP contribution in [0.4, 0.5) is 4.79 Å². The molecule has 1 saturated heterocycles. The molecule has 1 fully saturated rings. The smallest absolute Gasteiger partial charge is 0.410 e. The van der Waals surface area contributed by atoms with Gasteiger partial charge in [0.05, 0.1) is 0 Å². The molecule has 0 radical (unpaired) electrons. The predicted octanol–water partition coefficient (Wildman–Crippen LogP) is 3.29. The predicted molar refractivity (Wildman–Crippen MR) is 62.9 cm³/mol. The summed E-state index contributed by atoms with van der Waals surface area (Å²) in [6.07, 6.45) is 2.03. The number of rotatable bonds is 0. The summed E-state index contributed by atoms with van der Waals surface area (Å²) in [7, 11) is 0. The highest BCUT2D eigenvalue weighted by molar-refractivity contribution is 5.68. The van der Waals surface area contributed by atoms with Crippen molar-refractivity contribution in [2.45, 2.75) is 53.6 Å². The van der Waals surface area contributed by atoms with Crippen molar-refractivity contribution in [3.05, 3.63) is 0 Å². The Balaban J connectivity index is 0.00000196. The molecule has 0 unspecified atom stereocenters. The largest absolute Gasteiger partial charge is 0.444 e. The Morgan fingerprint density at radius 3 is 2.13 bits per heavy atom. The van der Waals surface area contributed by atoms with Gasteiger partial charge in [0, 0.05) is 13.1 Å². The van der Waals surface area contributed by atoms with E-state index in [1.165, 1.54) is 0 Å². The van der Waals surface area contributed by atoms with Crippen LogP contribution in [0.3, 0.4) is 0 Å². The third-order valence-electron chi connectivity index (χ3n) is 2.44. The number of piperidine rings is 1. The molecule has 1 rings (SSSR count). The fourth-order valence-electron chi connectivity index (χ4n) is 1.52. The number of carbonyl (C=O) groups excluding carboxylic acids is 1. The van der Waals surface area contributed by atoms with Crippen LogP contribution in [0.25, 0.3) is 0 Å². The van der Waals surface area contributed by atoms with Crippen LogP contribution in [0.1, 0.15) is 48.0 Å². The third-order valence-corrected chi connectivity index (χ3v) is 2.44. The van der Waals surface area contributed by atoms with E-state index in [1.807, 2.05) is 25.7 Å². The van der Waals surface area contributed by atoms with Crippen molar-refractivity contribution in [1.29, 1.82) is 0 Å². The molecular weight excluding hydrogens is 190 g/mol. The number of hydrogen-bond acceptors (Lipinski definition) is 2. The second kappa shape index (κ2) is 5.38.